The Hall–Kier alpha value is -1.31. The summed E-state index contributed by atoms with van der Waals surface area (Å²) >= 11 is 5.88. The fourth-order valence-corrected chi connectivity index (χ4v) is 3.86. The number of primary sulfonamides is 1. The molecule has 1 aromatic rings. The number of halogens is 1. The van der Waals surface area contributed by atoms with Gasteiger partial charge in [0.25, 0.3) is 0 Å². The monoisotopic (exact) mass is 345 g/mol. The van der Waals surface area contributed by atoms with Crippen LogP contribution in [0.2, 0.25) is 5.02 Å². The van der Waals surface area contributed by atoms with E-state index in [1.165, 1.54) is 0 Å². The Bertz CT molecular complexity index is 650. The van der Waals surface area contributed by atoms with Gasteiger partial charge in [0.2, 0.25) is 15.9 Å². The lowest BCUT2D eigenvalue weighted by Crippen LogP contribution is -2.34. The number of nitrogens with zero attached hydrogens (tertiary/aromatic N) is 1. The van der Waals surface area contributed by atoms with Gasteiger partial charge in [-0.3, -0.25) is 4.79 Å². The molecule has 0 bridgehead atoms. The van der Waals surface area contributed by atoms with Crippen LogP contribution in [-0.4, -0.2) is 44.6 Å². The van der Waals surface area contributed by atoms with Crippen molar-refractivity contribution < 1.29 is 13.2 Å². The Morgan fingerprint density at radius 2 is 2.18 bits per heavy atom. The molecule has 2 rings (SSSR count). The molecule has 6 nitrogen and oxygen atoms in total. The summed E-state index contributed by atoms with van der Waals surface area (Å²) in [6, 6.07) is 7.13. The first-order valence-electron chi connectivity index (χ1n) is 7.02. The molecule has 2 atom stereocenters. The van der Waals surface area contributed by atoms with Crippen LogP contribution in [-0.2, 0) is 14.8 Å². The molecule has 0 aromatic heterocycles. The third-order valence-corrected chi connectivity index (χ3v) is 4.96. The lowest BCUT2D eigenvalue weighted by molar-refractivity contribution is -0.128. The molecule has 1 aromatic carbocycles. The first-order valence-corrected chi connectivity index (χ1v) is 9.11. The number of rotatable bonds is 5. The van der Waals surface area contributed by atoms with E-state index in [0.717, 1.165) is 5.69 Å². The molecule has 0 saturated carbocycles. The smallest absolute Gasteiger partial charge is 0.241 e. The lowest BCUT2D eigenvalue weighted by Gasteiger charge is -2.17. The summed E-state index contributed by atoms with van der Waals surface area (Å²) in [7, 11) is -3.52. The number of hydrogen-bond donors (Lipinski definition) is 2. The third-order valence-electron chi connectivity index (χ3n) is 3.84. The van der Waals surface area contributed by atoms with Crippen LogP contribution < -0.4 is 10.5 Å². The fraction of sp³-hybridized carbons (Fsp3) is 0.500. The van der Waals surface area contributed by atoms with Crippen LogP contribution in [0.4, 0.5) is 5.69 Å². The number of nitrogens with one attached hydrogen (secondary N) is 1. The molecule has 1 fully saturated rings. The van der Waals surface area contributed by atoms with Crippen molar-refractivity contribution in [1.29, 1.82) is 0 Å². The normalized spacial score (nSPS) is 21.9. The van der Waals surface area contributed by atoms with Crippen LogP contribution in [0.5, 0.6) is 0 Å². The average molecular weight is 346 g/mol. The molecule has 1 heterocycles. The second-order valence-electron chi connectivity index (χ2n) is 5.73. The van der Waals surface area contributed by atoms with E-state index in [-0.39, 0.29) is 30.0 Å². The Labute approximate surface area is 135 Å². The highest BCUT2D eigenvalue weighted by Gasteiger charge is 2.34. The van der Waals surface area contributed by atoms with Crippen molar-refractivity contribution in [3.63, 3.8) is 0 Å². The zero-order valence-electron chi connectivity index (χ0n) is 12.3. The van der Waals surface area contributed by atoms with Crippen molar-refractivity contribution in [2.75, 3.05) is 30.7 Å². The minimum Gasteiger partial charge on any atom is -0.376 e. The van der Waals surface area contributed by atoms with Crippen LogP contribution in [0, 0.1) is 11.8 Å². The number of carbonyl (C=O) groups is 1. The zero-order valence-corrected chi connectivity index (χ0v) is 13.9. The van der Waals surface area contributed by atoms with E-state index in [0.29, 0.717) is 18.1 Å². The van der Waals surface area contributed by atoms with Gasteiger partial charge < -0.3 is 10.2 Å². The fourth-order valence-electron chi connectivity index (χ4n) is 2.64. The van der Waals surface area contributed by atoms with Gasteiger partial charge in [0.1, 0.15) is 0 Å². The number of benzene rings is 1. The second kappa shape index (κ2) is 6.85. The number of likely N-dealkylation sites (tertiary alicyclic amines) is 1. The quantitative estimate of drug-likeness (QED) is 0.836. The molecular weight excluding hydrogens is 326 g/mol. The van der Waals surface area contributed by atoms with Gasteiger partial charge in [0.05, 0.1) is 12.3 Å². The molecule has 1 saturated heterocycles. The van der Waals surface area contributed by atoms with Gasteiger partial charge >= 0.3 is 0 Å². The number of anilines is 1. The first kappa shape index (κ1) is 17.1. The summed E-state index contributed by atoms with van der Waals surface area (Å²) in [6.45, 7) is 3.06. The topological polar surface area (TPSA) is 92.5 Å². The van der Waals surface area contributed by atoms with Gasteiger partial charge in [-0.05, 0) is 30.0 Å². The molecule has 1 aliphatic heterocycles. The number of carbonyl (C=O) groups excluding carboxylic acids is 1. The number of hydrogen-bond acceptors (Lipinski definition) is 4. The van der Waals surface area contributed by atoms with Gasteiger partial charge in [-0.15, -0.1) is 0 Å². The summed E-state index contributed by atoms with van der Waals surface area (Å²) in [6.07, 6.45) is 0. The zero-order chi connectivity index (χ0) is 16.3. The van der Waals surface area contributed by atoms with Crippen LogP contribution in [0.15, 0.2) is 24.3 Å². The van der Waals surface area contributed by atoms with Crippen LogP contribution in [0.3, 0.4) is 0 Å². The maximum absolute atomic E-state index is 12.2. The lowest BCUT2D eigenvalue weighted by atomic mass is 10.0. The predicted molar refractivity (Wildman–Crippen MR) is 87.1 cm³/mol. The summed E-state index contributed by atoms with van der Waals surface area (Å²) in [5, 5.41) is 8.71. The molecule has 122 valence electrons. The van der Waals surface area contributed by atoms with Crippen molar-refractivity contribution in [2.24, 2.45) is 17.0 Å². The van der Waals surface area contributed by atoms with Gasteiger partial charge in [-0.1, -0.05) is 24.6 Å². The predicted octanol–water partition coefficient (Wildman–Crippen LogP) is 1.13. The number of sulfonamides is 1. The average Bonchev–Trinajstić information content (AvgIpc) is 2.75. The van der Waals surface area contributed by atoms with E-state index in [1.807, 2.05) is 13.0 Å². The van der Waals surface area contributed by atoms with Crippen molar-refractivity contribution in [3.05, 3.63) is 29.3 Å². The van der Waals surface area contributed by atoms with E-state index < -0.39 is 10.0 Å². The van der Waals surface area contributed by atoms with E-state index in [2.05, 4.69) is 5.32 Å². The molecule has 0 aliphatic carbocycles. The maximum Gasteiger partial charge on any atom is 0.241 e. The Morgan fingerprint density at radius 1 is 1.45 bits per heavy atom. The minimum absolute atomic E-state index is 0.0660. The number of amides is 1. The van der Waals surface area contributed by atoms with Crippen LogP contribution >= 0.6 is 11.6 Å². The van der Waals surface area contributed by atoms with Crippen molar-refractivity contribution in [2.45, 2.75) is 6.92 Å². The van der Waals surface area contributed by atoms with Crippen LogP contribution in [0.25, 0.3) is 0 Å². The summed E-state index contributed by atoms with van der Waals surface area (Å²) in [4.78, 5) is 13.9. The Balaban J connectivity index is 1.88. The highest BCUT2D eigenvalue weighted by Crippen LogP contribution is 2.24. The molecule has 0 unspecified atom stereocenters. The van der Waals surface area contributed by atoms with Gasteiger partial charge in [0, 0.05) is 23.8 Å². The van der Waals surface area contributed by atoms with Gasteiger partial charge in [-0.25, -0.2) is 13.6 Å². The number of nitrogens with two attached hydrogens (primary N) is 1. The van der Waals surface area contributed by atoms with E-state index in [1.54, 1.807) is 23.1 Å². The standard InChI is InChI=1S/C14H20ClN3O3S/c1-10-7-18(8-11(10)9-22(16,20)21)14(19)6-17-13-4-2-3-12(15)5-13/h2-5,10-11,17H,6-9H2,1H3,(H2,16,20,21)/t10-,11+/m1/s1. The molecule has 1 amide bonds. The maximum atomic E-state index is 12.2. The first-order chi connectivity index (χ1) is 10.2. The highest BCUT2D eigenvalue weighted by molar-refractivity contribution is 7.89. The largest absolute Gasteiger partial charge is 0.376 e. The Kier molecular flexibility index (Phi) is 5.31. The van der Waals surface area contributed by atoms with Crippen molar-refractivity contribution in [1.82, 2.24) is 4.90 Å². The second-order valence-corrected chi connectivity index (χ2v) is 7.83. The third kappa shape index (κ3) is 4.86. The van der Waals surface area contributed by atoms with Gasteiger partial charge in [-0.2, -0.15) is 0 Å². The van der Waals surface area contributed by atoms with Gasteiger partial charge in [0.15, 0.2) is 0 Å². The molecule has 0 spiro atoms. The molecule has 3 N–H and O–H groups in total. The van der Waals surface area contributed by atoms with E-state index >= 15 is 0 Å². The summed E-state index contributed by atoms with van der Waals surface area (Å²) < 4.78 is 22.4. The molecule has 0 radical (unpaired) electrons. The van der Waals surface area contributed by atoms with Crippen molar-refractivity contribution in [3.8, 4) is 0 Å². The Morgan fingerprint density at radius 3 is 2.82 bits per heavy atom. The molecule has 22 heavy (non-hydrogen) atoms. The minimum atomic E-state index is -3.52. The van der Waals surface area contributed by atoms with E-state index in [9.17, 15) is 13.2 Å². The van der Waals surface area contributed by atoms with Crippen LogP contribution in [0.1, 0.15) is 6.92 Å². The highest BCUT2D eigenvalue weighted by atomic mass is 35.5. The molecular formula is C14H20ClN3O3S. The summed E-state index contributed by atoms with van der Waals surface area (Å²) in [5.74, 6) is -0.137. The van der Waals surface area contributed by atoms with Crippen molar-refractivity contribution >= 4 is 33.2 Å². The summed E-state index contributed by atoms with van der Waals surface area (Å²) in [5.41, 5.74) is 0.772. The molecule has 1 aliphatic rings. The molecule has 8 heteroatoms. The SMILES string of the molecule is C[C@@H]1CN(C(=O)CNc2cccc(Cl)c2)C[C@H]1CS(N)(=O)=O. The van der Waals surface area contributed by atoms with E-state index in [4.69, 9.17) is 16.7 Å².